The van der Waals surface area contributed by atoms with Gasteiger partial charge in [0.25, 0.3) is 5.69 Å². The molecule has 0 amide bonds. The largest absolute Gasteiger partial charge is 0.493 e. The Labute approximate surface area is 136 Å². The maximum Gasteiger partial charge on any atom is 0.271 e. The van der Waals surface area contributed by atoms with Gasteiger partial charge < -0.3 is 18.6 Å². The summed E-state index contributed by atoms with van der Waals surface area (Å²) >= 11 is 0. The molecular weight excluding hydrogens is 316 g/mol. The summed E-state index contributed by atoms with van der Waals surface area (Å²) in [5.74, 6) is 1.67. The van der Waals surface area contributed by atoms with Crippen molar-refractivity contribution >= 4 is 16.8 Å². The lowest BCUT2D eigenvalue weighted by molar-refractivity contribution is -0.384. The van der Waals surface area contributed by atoms with Crippen LogP contribution in [0.5, 0.6) is 17.2 Å². The van der Waals surface area contributed by atoms with Crippen molar-refractivity contribution in [1.82, 2.24) is 4.98 Å². The first kappa shape index (κ1) is 15.6. The second-order valence-corrected chi connectivity index (χ2v) is 4.84. The van der Waals surface area contributed by atoms with Gasteiger partial charge >= 0.3 is 0 Å². The van der Waals surface area contributed by atoms with Crippen molar-refractivity contribution in [3.05, 3.63) is 40.4 Å². The highest BCUT2D eigenvalue weighted by Gasteiger charge is 2.18. The van der Waals surface area contributed by atoms with E-state index < -0.39 is 4.92 Å². The standard InChI is InChI=1S/C16H14N2O6/c1-21-13-6-9(7-14(22-2)15(13)23-3)16-17-11-8-10(18(19)20)4-5-12(11)24-16/h4-8H,1-3H3. The van der Waals surface area contributed by atoms with E-state index >= 15 is 0 Å². The van der Waals surface area contributed by atoms with Gasteiger partial charge in [0.1, 0.15) is 5.52 Å². The van der Waals surface area contributed by atoms with Gasteiger partial charge in [0, 0.05) is 17.7 Å². The molecule has 0 unspecified atom stereocenters. The molecule has 8 nitrogen and oxygen atoms in total. The molecule has 0 atom stereocenters. The summed E-state index contributed by atoms with van der Waals surface area (Å²) in [5, 5.41) is 10.9. The SMILES string of the molecule is COc1cc(-c2nc3cc([N+](=O)[O-])ccc3o2)cc(OC)c1OC. The third kappa shape index (κ3) is 2.58. The average molecular weight is 330 g/mol. The highest BCUT2D eigenvalue weighted by molar-refractivity contribution is 5.79. The minimum Gasteiger partial charge on any atom is -0.493 e. The van der Waals surface area contributed by atoms with Crippen LogP contribution in [0.1, 0.15) is 0 Å². The molecule has 2 aromatic carbocycles. The summed E-state index contributed by atoms with van der Waals surface area (Å²) in [6.45, 7) is 0. The smallest absolute Gasteiger partial charge is 0.271 e. The van der Waals surface area contributed by atoms with Crippen molar-refractivity contribution in [2.45, 2.75) is 0 Å². The Hall–Kier alpha value is -3.29. The summed E-state index contributed by atoms with van der Waals surface area (Å²) in [6, 6.07) is 7.63. The topological polar surface area (TPSA) is 96.9 Å². The van der Waals surface area contributed by atoms with E-state index in [4.69, 9.17) is 18.6 Å². The number of nitrogens with zero attached hydrogens (tertiary/aromatic N) is 2. The van der Waals surface area contributed by atoms with E-state index in [1.54, 1.807) is 12.1 Å². The molecule has 0 spiro atoms. The molecule has 0 aliphatic rings. The van der Waals surface area contributed by atoms with Gasteiger partial charge in [-0.1, -0.05) is 0 Å². The Bertz CT molecular complexity index is 893. The van der Waals surface area contributed by atoms with E-state index in [9.17, 15) is 10.1 Å². The van der Waals surface area contributed by atoms with Gasteiger partial charge in [-0.05, 0) is 18.2 Å². The third-order valence-corrected chi connectivity index (χ3v) is 3.49. The number of hydrogen-bond acceptors (Lipinski definition) is 7. The molecule has 0 saturated carbocycles. The van der Waals surface area contributed by atoms with Gasteiger partial charge in [0.05, 0.1) is 26.3 Å². The van der Waals surface area contributed by atoms with Crippen molar-refractivity contribution in [1.29, 1.82) is 0 Å². The predicted molar refractivity (Wildman–Crippen MR) is 85.8 cm³/mol. The van der Waals surface area contributed by atoms with Crippen LogP contribution >= 0.6 is 0 Å². The van der Waals surface area contributed by atoms with Crippen molar-refractivity contribution in [2.75, 3.05) is 21.3 Å². The Kier molecular flexibility index (Phi) is 3.95. The van der Waals surface area contributed by atoms with Crippen LogP contribution in [0.3, 0.4) is 0 Å². The molecule has 3 aromatic rings. The number of fused-ring (bicyclic) bond motifs is 1. The Morgan fingerprint density at radius 2 is 1.71 bits per heavy atom. The van der Waals surface area contributed by atoms with Crippen LogP contribution in [0.2, 0.25) is 0 Å². The van der Waals surface area contributed by atoms with Crippen LogP contribution in [0, 0.1) is 10.1 Å². The first-order valence-electron chi connectivity index (χ1n) is 6.92. The summed E-state index contributed by atoms with van der Waals surface area (Å²) < 4.78 is 21.6. The highest BCUT2D eigenvalue weighted by atomic mass is 16.6. The van der Waals surface area contributed by atoms with Crippen LogP contribution in [0.25, 0.3) is 22.6 Å². The maximum atomic E-state index is 10.9. The Balaban J connectivity index is 2.14. The van der Waals surface area contributed by atoms with Gasteiger partial charge in [-0.3, -0.25) is 10.1 Å². The molecule has 0 saturated heterocycles. The zero-order valence-electron chi connectivity index (χ0n) is 13.2. The fraction of sp³-hybridized carbons (Fsp3) is 0.188. The molecule has 0 fully saturated rings. The number of nitro groups is 1. The summed E-state index contributed by atoms with van der Waals surface area (Å²) in [4.78, 5) is 14.7. The predicted octanol–water partition coefficient (Wildman–Crippen LogP) is 3.43. The molecule has 3 rings (SSSR count). The van der Waals surface area contributed by atoms with E-state index in [1.165, 1.54) is 39.5 Å². The number of aromatic nitrogens is 1. The molecule has 0 bridgehead atoms. The molecule has 0 radical (unpaired) electrons. The lowest BCUT2D eigenvalue weighted by atomic mass is 10.2. The van der Waals surface area contributed by atoms with Crippen LogP contribution in [-0.4, -0.2) is 31.2 Å². The molecular formula is C16H14N2O6. The normalized spacial score (nSPS) is 10.6. The number of nitro benzene ring substituents is 1. The van der Waals surface area contributed by atoms with E-state index in [0.717, 1.165) is 0 Å². The summed E-state index contributed by atoms with van der Waals surface area (Å²) in [6.07, 6.45) is 0. The molecule has 1 aromatic heterocycles. The molecule has 124 valence electrons. The first-order valence-corrected chi connectivity index (χ1v) is 6.92. The Morgan fingerprint density at radius 1 is 1.04 bits per heavy atom. The van der Waals surface area contributed by atoms with Gasteiger partial charge in [-0.15, -0.1) is 0 Å². The number of benzene rings is 2. The second-order valence-electron chi connectivity index (χ2n) is 4.84. The van der Waals surface area contributed by atoms with Gasteiger partial charge in [-0.25, -0.2) is 4.98 Å². The molecule has 1 heterocycles. The summed E-state index contributed by atoms with van der Waals surface area (Å²) in [7, 11) is 4.53. The summed E-state index contributed by atoms with van der Waals surface area (Å²) in [5.41, 5.74) is 1.40. The molecule has 24 heavy (non-hydrogen) atoms. The monoisotopic (exact) mass is 330 g/mol. The Morgan fingerprint density at radius 3 is 2.25 bits per heavy atom. The zero-order chi connectivity index (χ0) is 17.3. The quantitative estimate of drug-likeness (QED) is 0.522. The first-order chi connectivity index (χ1) is 11.6. The fourth-order valence-electron chi connectivity index (χ4n) is 2.36. The van der Waals surface area contributed by atoms with Crippen LogP contribution in [-0.2, 0) is 0 Å². The van der Waals surface area contributed by atoms with Gasteiger partial charge in [-0.2, -0.15) is 0 Å². The van der Waals surface area contributed by atoms with E-state index in [2.05, 4.69) is 4.98 Å². The number of methoxy groups -OCH3 is 3. The van der Waals surface area contributed by atoms with Gasteiger partial charge in [0.2, 0.25) is 11.6 Å². The lowest BCUT2D eigenvalue weighted by Gasteiger charge is -2.12. The van der Waals surface area contributed by atoms with Crippen LogP contribution in [0.4, 0.5) is 5.69 Å². The van der Waals surface area contributed by atoms with Crippen molar-refractivity contribution < 1.29 is 23.6 Å². The van der Waals surface area contributed by atoms with Gasteiger partial charge in [0.15, 0.2) is 17.1 Å². The highest BCUT2D eigenvalue weighted by Crippen LogP contribution is 2.41. The van der Waals surface area contributed by atoms with E-state index in [1.807, 2.05) is 0 Å². The fourth-order valence-corrected chi connectivity index (χ4v) is 2.36. The zero-order valence-corrected chi connectivity index (χ0v) is 13.2. The number of non-ortho nitro benzene ring substituents is 1. The molecule has 8 heteroatoms. The van der Waals surface area contributed by atoms with E-state index in [-0.39, 0.29) is 5.69 Å². The number of oxazole rings is 1. The minimum absolute atomic E-state index is 0.0488. The lowest BCUT2D eigenvalue weighted by Crippen LogP contribution is -1.95. The number of ether oxygens (including phenoxy) is 3. The van der Waals surface area contributed by atoms with Crippen LogP contribution < -0.4 is 14.2 Å². The van der Waals surface area contributed by atoms with Crippen LogP contribution in [0.15, 0.2) is 34.7 Å². The van der Waals surface area contributed by atoms with Crippen molar-refractivity contribution in [3.8, 4) is 28.7 Å². The van der Waals surface area contributed by atoms with Crippen molar-refractivity contribution in [2.24, 2.45) is 0 Å². The molecule has 0 N–H and O–H groups in total. The average Bonchev–Trinajstić information content (AvgIpc) is 3.03. The molecule has 0 aliphatic heterocycles. The second kappa shape index (κ2) is 6.07. The number of hydrogen-bond donors (Lipinski definition) is 0. The maximum absolute atomic E-state index is 10.9. The number of rotatable bonds is 5. The third-order valence-electron chi connectivity index (χ3n) is 3.49. The molecule has 0 aliphatic carbocycles. The van der Waals surface area contributed by atoms with Crippen molar-refractivity contribution in [3.63, 3.8) is 0 Å². The minimum atomic E-state index is -0.479. The van der Waals surface area contributed by atoms with E-state index in [0.29, 0.717) is 39.8 Å².